The second-order valence-electron chi connectivity index (χ2n) is 8.38. The monoisotopic (exact) mass is 628 g/mol. The first-order chi connectivity index (χ1) is 18.2. The van der Waals surface area contributed by atoms with Crippen molar-refractivity contribution in [2.24, 2.45) is 0 Å². The Kier molecular flexibility index (Phi) is 9.19. The minimum absolute atomic E-state index is 0.174. The average Bonchev–Trinajstić information content (AvgIpc) is 3.18. The maximum atomic E-state index is 13.2. The first-order valence-electron chi connectivity index (χ1n) is 11.5. The number of hydrogen-bond acceptors (Lipinski definition) is 7. The standard InChI is InChI=1S/C28H25BrN2O4S3/c1-16-10-21(29)22(11-17(16)2)30-26(32)15-35-23-9-8-18(12-24(23)34-3)13-25-27(33)31(28(36)38-25)19-6-5-7-20(14-19)37-4/h5-14H,15H2,1-4H3,(H,30,32)/b25-13+. The Morgan fingerprint density at radius 3 is 2.63 bits per heavy atom. The number of halogens is 1. The number of anilines is 2. The van der Waals surface area contributed by atoms with Gasteiger partial charge in [-0.15, -0.1) is 11.8 Å². The number of carbonyl (C=O) groups excluding carboxylic acids is 2. The number of ether oxygens (including phenoxy) is 2. The molecule has 2 amide bonds. The number of methoxy groups -OCH3 is 1. The molecule has 38 heavy (non-hydrogen) atoms. The number of carbonyl (C=O) groups is 2. The lowest BCUT2D eigenvalue weighted by Gasteiger charge is -2.15. The van der Waals surface area contributed by atoms with E-state index in [-0.39, 0.29) is 18.4 Å². The Hall–Kier alpha value is -2.79. The summed E-state index contributed by atoms with van der Waals surface area (Å²) in [6.07, 6.45) is 3.76. The summed E-state index contributed by atoms with van der Waals surface area (Å²) in [5, 5.41) is 2.86. The van der Waals surface area contributed by atoms with Gasteiger partial charge in [-0.1, -0.05) is 36.1 Å². The second-order valence-corrected chi connectivity index (χ2v) is 11.8. The second kappa shape index (κ2) is 12.4. The molecule has 6 nitrogen and oxygen atoms in total. The van der Waals surface area contributed by atoms with Gasteiger partial charge in [-0.2, -0.15) is 0 Å². The van der Waals surface area contributed by atoms with E-state index in [0.29, 0.717) is 26.4 Å². The molecule has 0 aromatic heterocycles. The number of hydrogen-bond donors (Lipinski definition) is 1. The summed E-state index contributed by atoms with van der Waals surface area (Å²) >= 11 is 11.8. The van der Waals surface area contributed by atoms with E-state index in [0.717, 1.165) is 31.7 Å². The number of nitrogens with zero attached hydrogens (tertiary/aromatic N) is 1. The molecule has 3 aromatic rings. The van der Waals surface area contributed by atoms with Crippen molar-refractivity contribution in [1.29, 1.82) is 0 Å². The van der Waals surface area contributed by atoms with Crippen LogP contribution in [0.4, 0.5) is 11.4 Å². The van der Waals surface area contributed by atoms with Gasteiger partial charge in [0, 0.05) is 9.37 Å². The molecule has 1 N–H and O–H groups in total. The molecule has 0 radical (unpaired) electrons. The Balaban J connectivity index is 1.46. The van der Waals surface area contributed by atoms with E-state index in [1.807, 2.05) is 56.5 Å². The lowest BCUT2D eigenvalue weighted by Crippen LogP contribution is -2.27. The lowest BCUT2D eigenvalue weighted by molar-refractivity contribution is -0.118. The third-order valence-corrected chi connectivity index (χ3v) is 8.49. The van der Waals surface area contributed by atoms with Crippen molar-refractivity contribution in [3.63, 3.8) is 0 Å². The maximum Gasteiger partial charge on any atom is 0.270 e. The van der Waals surface area contributed by atoms with Gasteiger partial charge < -0.3 is 14.8 Å². The highest BCUT2D eigenvalue weighted by molar-refractivity contribution is 9.10. The van der Waals surface area contributed by atoms with Gasteiger partial charge in [-0.05, 0) is 101 Å². The number of nitrogens with one attached hydrogen (secondary N) is 1. The van der Waals surface area contributed by atoms with Gasteiger partial charge in [0.25, 0.3) is 11.8 Å². The fourth-order valence-corrected chi connectivity index (χ4v) is 6.00. The van der Waals surface area contributed by atoms with Crippen molar-refractivity contribution >= 4 is 85.3 Å². The normalized spacial score (nSPS) is 14.2. The van der Waals surface area contributed by atoms with Gasteiger partial charge >= 0.3 is 0 Å². The van der Waals surface area contributed by atoms with Gasteiger partial charge in [-0.25, -0.2) is 0 Å². The Morgan fingerprint density at radius 1 is 1.13 bits per heavy atom. The molecular formula is C28H25BrN2O4S3. The van der Waals surface area contributed by atoms with Gasteiger partial charge in [0.2, 0.25) is 0 Å². The predicted molar refractivity (Wildman–Crippen MR) is 165 cm³/mol. The molecule has 10 heteroatoms. The molecule has 0 unspecified atom stereocenters. The average molecular weight is 630 g/mol. The van der Waals surface area contributed by atoms with Crippen LogP contribution in [0.3, 0.4) is 0 Å². The topological polar surface area (TPSA) is 67.9 Å². The number of benzene rings is 3. The first-order valence-corrected chi connectivity index (χ1v) is 14.7. The Bertz CT molecular complexity index is 1460. The van der Waals surface area contributed by atoms with E-state index in [1.54, 1.807) is 40.9 Å². The van der Waals surface area contributed by atoms with Crippen LogP contribution in [0.1, 0.15) is 16.7 Å². The van der Waals surface area contributed by atoms with E-state index in [1.165, 1.54) is 18.9 Å². The SMILES string of the molecule is COc1cc(/C=C2/SC(=S)N(c3cccc(SC)c3)C2=O)ccc1OCC(=O)Nc1cc(C)c(C)cc1Br. The van der Waals surface area contributed by atoms with Crippen molar-refractivity contribution in [2.45, 2.75) is 18.7 Å². The zero-order valence-corrected chi connectivity index (χ0v) is 25.2. The van der Waals surface area contributed by atoms with Crippen LogP contribution in [0.2, 0.25) is 0 Å². The highest BCUT2D eigenvalue weighted by atomic mass is 79.9. The van der Waals surface area contributed by atoms with E-state index in [2.05, 4.69) is 21.2 Å². The van der Waals surface area contributed by atoms with Crippen molar-refractivity contribution in [2.75, 3.05) is 30.2 Å². The molecule has 1 fully saturated rings. The number of rotatable bonds is 8. The summed E-state index contributed by atoms with van der Waals surface area (Å²) in [5.74, 6) is 0.392. The maximum absolute atomic E-state index is 13.2. The van der Waals surface area contributed by atoms with Crippen LogP contribution in [0.15, 0.2) is 68.9 Å². The Morgan fingerprint density at radius 2 is 1.89 bits per heavy atom. The van der Waals surface area contributed by atoms with E-state index in [9.17, 15) is 9.59 Å². The van der Waals surface area contributed by atoms with Crippen molar-refractivity contribution < 1.29 is 19.1 Å². The highest BCUT2D eigenvalue weighted by Crippen LogP contribution is 2.38. The molecule has 0 saturated carbocycles. The molecule has 196 valence electrons. The molecule has 0 atom stereocenters. The fraction of sp³-hybridized carbons (Fsp3) is 0.179. The molecule has 1 aliphatic heterocycles. The predicted octanol–water partition coefficient (Wildman–Crippen LogP) is 7.22. The molecule has 0 bridgehead atoms. The van der Waals surface area contributed by atoms with Gasteiger partial charge in [0.05, 0.1) is 23.4 Å². The summed E-state index contributed by atoms with van der Waals surface area (Å²) in [7, 11) is 1.52. The number of thiocarbonyl (C=S) groups is 1. The quantitative estimate of drug-likeness (QED) is 0.160. The van der Waals surface area contributed by atoms with Crippen molar-refractivity contribution in [3.05, 3.63) is 80.7 Å². The molecule has 3 aromatic carbocycles. The molecule has 0 spiro atoms. The molecule has 1 aliphatic rings. The number of amides is 2. The third-order valence-electron chi connectivity index (χ3n) is 5.81. The van der Waals surface area contributed by atoms with E-state index < -0.39 is 0 Å². The lowest BCUT2D eigenvalue weighted by atomic mass is 10.1. The van der Waals surface area contributed by atoms with Crippen molar-refractivity contribution in [3.8, 4) is 11.5 Å². The van der Waals surface area contributed by atoms with Crippen LogP contribution in [-0.4, -0.2) is 36.1 Å². The summed E-state index contributed by atoms with van der Waals surface area (Å²) in [5.41, 5.74) is 4.38. The smallest absolute Gasteiger partial charge is 0.270 e. The largest absolute Gasteiger partial charge is 0.493 e. The van der Waals surface area contributed by atoms with Crippen LogP contribution in [0.25, 0.3) is 6.08 Å². The molecule has 1 heterocycles. The highest BCUT2D eigenvalue weighted by Gasteiger charge is 2.33. The zero-order valence-electron chi connectivity index (χ0n) is 21.2. The van der Waals surface area contributed by atoms with Gasteiger partial charge in [-0.3, -0.25) is 14.5 Å². The van der Waals surface area contributed by atoms with Crippen LogP contribution in [-0.2, 0) is 9.59 Å². The minimum atomic E-state index is -0.297. The minimum Gasteiger partial charge on any atom is -0.493 e. The number of thioether (sulfide) groups is 2. The van der Waals surface area contributed by atoms with E-state index >= 15 is 0 Å². The van der Waals surface area contributed by atoms with E-state index in [4.69, 9.17) is 21.7 Å². The summed E-state index contributed by atoms with van der Waals surface area (Å²) in [6.45, 7) is 3.81. The molecule has 4 rings (SSSR count). The number of aryl methyl sites for hydroxylation is 2. The summed E-state index contributed by atoms with van der Waals surface area (Å²) < 4.78 is 12.5. The van der Waals surface area contributed by atoms with Crippen LogP contribution < -0.4 is 19.7 Å². The zero-order chi connectivity index (χ0) is 27.4. The van der Waals surface area contributed by atoms with Crippen LogP contribution >= 0.6 is 51.7 Å². The van der Waals surface area contributed by atoms with Gasteiger partial charge in [0.15, 0.2) is 22.4 Å². The first kappa shape index (κ1) is 28.2. The molecule has 0 aliphatic carbocycles. The summed E-state index contributed by atoms with van der Waals surface area (Å²) in [4.78, 5) is 28.8. The summed E-state index contributed by atoms with van der Waals surface area (Å²) in [6, 6.07) is 16.9. The molecule has 1 saturated heterocycles. The fourth-order valence-electron chi connectivity index (χ4n) is 3.69. The Labute approximate surface area is 244 Å². The molecular weight excluding hydrogens is 604 g/mol. The van der Waals surface area contributed by atoms with Gasteiger partial charge in [0.1, 0.15) is 0 Å². The van der Waals surface area contributed by atoms with Crippen LogP contribution in [0.5, 0.6) is 11.5 Å². The van der Waals surface area contributed by atoms with Crippen LogP contribution in [0, 0.1) is 13.8 Å². The van der Waals surface area contributed by atoms with Crippen molar-refractivity contribution in [1.82, 2.24) is 0 Å². The third kappa shape index (κ3) is 6.43.